The van der Waals surface area contributed by atoms with Crippen LogP contribution in [0.15, 0.2) is 12.1 Å². The Kier molecular flexibility index (Phi) is 4.63. The number of nitrogens with zero attached hydrogens (tertiary/aromatic N) is 1. The van der Waals surface area contributed by atoms with Crippen LogP contribution in [-0.4, -0.2) is 55.1 Å². The minimum Gasteiger partial charge on any atom is -0.493 e. The second-order valence-corrected chi connectivity index (χ2v) is 4.80. The summed E-state index contributed by atoms with van der Waals surface area (Å²) in [7, 11) is 3.26. The molecule has 0 aliphatic carbocycles. The topological polar surface area (TPSA) is 62.2 Å². The van der Waals surface area contributed by atoms with E-state index in [0.29, 0.717) is 6.54 Å². The first-order valence-corrected chi connectivity index (χ1v) is 6.43. The molecule has 1 aromatic carbocycles. The average molecular weight is 267 g/mol. The smallest absolute Gasteiger partial charge is 0.161 e. The molecule has 0 bridgehead atoms. The lowest BCUT2D eigenvalue weighted by atomic mass is 9.98. The van der Waals surface area contributed by atoms with E-state index >= 15 is 0 Å². The molecule has 0 saturated carbocycles. The van der Waals surface area contributed by atoms with Crippen molar-refractivity contribution in [3.8, 4) is 11.5 Å². The third-order valence-electron chi connectivity index (χ3n) is 3.48. The van der Waals surface area contributed by atoms with Gasteiger partial charge in [0.1, 0.15) is 0 Å². The van der Waals surface area contributed by atoms with E-state index in [1.807, 2.05) is 12.1 Å². The van der Waals surface area contributed by atoms with Crippen molar-refractivity contribution in [2.75, 3.05) is 33.9 Å². The van der Waals surface area contributed by atoms with Crippen LogP contribution in [0.3, 0.4) is 0 Å². The number of aliphatic hydroxyl groups is 2. The van der Waals surface area contributed by atoms with Gasteiger partial charge < -0.3 is 19.7 Å². The Balaban J connectivity index is 2.15. The van der Waals surface area contributed by atoms with E-state index in [1.165, 1.54) is 11.1 Å². The minimum absolute atomic E-state index is 0.199. The minimum atomic E-state index is -0.679. The number of hydrogen-bond acceptors (Lipinski definition) is 5. The summed E-state index contributed by atoms with van der Waals surface area (Å²) in [6.45, 7) is 1.92. The molecule has 1 aliphatic heterocycles. The predicted octanol–water partition coefficient (Wildman–Crippen LogP) is 0.415. The zero-order chi connectivity index (χ0) is 13.8. The van der Waals surface area contributed by atoms with Crippen molar-refractivity contribution >= 4 is 0 Å². The van der Waals surface area contributed by atoms with Gasteiger partial charge in [0.05, 0.1) is 26.9 Å². The number of benzene rings is 1. The van der Waals surface area contributed by atoms with Crippen molar-refractivity contribution in [2.24, 2.45) is 0 Å². The van der Waals surface area contributed by atoms with Crippen LogP contribution < -0.4 is 9.47 Å². The molecule has 106 valence electrons. The largest absolute Gasteiger partial charge is 0.493 e. The van der Waals surface area contributed by atoms with Crippen LogP contribution >= 0.6 is 0 Å². The SMILES string of the molecule is COc1cc2c(cc1OC)CN(CC(O)CO)CC2. The first-order valence-electron chi connectivity index (χ1n) is 6.43. The molecule has 0 saturated heterocycles. The lowest BCUT2D eigenvalue weighted by Crippen LogP contribution is -2.37. The molecule has 5 heteroatoms. The summed E-state index contributed by atoms with van der Waals surface area (Å²) >= 11 is 0. The van der Waals surface area contributed by atoms with E-state index in [4.69, 9.17) is 14.6 Å². The Morgan fingerprint density at radius 3 is 2.42 bits per heavy atom. The number of rotatable bonds is 5. The highest BCUT2D eigenvalue weighted by Crippen LogP contribution is 2.33. The van der Waals surface area contributed by atoms with Crippen LogP contribution in [0.25, 0.3) is 0 Å². The number of methoxy groups -OCH3 is 2. The van der Waals surface area contributed by atoms with Crippen LogP contribution in [0.2, 0.25) is 0 Å². The molecule has 5 nitrogen and oxygen atoms in total. The highest BCUT2D eigenvalue weighted by molar-refractivity contribution is 5.48. The van der Waals surface area contributed by atoms with Gasteiger partial charge in [0.2, 0.25) is 0 Å². The third-order valence-corrected chi connectivity index (χ3v) is 3.48. The van der Waals surface area contributed by atoms with Gasteiger partial charge >= 0.3 is 0 Å². The molecule has 1 aromatic rings. The highest BCUT2D eigenvalue weighted by Gasteiger charge is 2.20. The summed E-state index contributed by atoms with van der Waals surface area (Å²) in [5.41, 5.74) is 2.45. The van der Waals surface area contributed by atoms with Gasteiger partial charge in [0, 0.05) is 19.6 Å². The average Bonchev–Trinajstić information content (AvgIpc) is 2.45. The molecule has 19 heavy (non-hydrogen) atoms. The van der Waals surface area contributed by atoms with E-state index in [2.05, 4.69) is 4.90 Å². The Morgan fingerprint density at radius 1 is 1.21 bits per heavy atom. The molecule has 0 amide bonds. The molecule has 1 aliphatic rings. The molecule has 2 N–H and O–H groups in total. The molecular weight excluding hydrogens is 246 g/mol. The van der Waals surface area contributed by atoms with Crippen LogP contribution in [0.4, 0.5) is 0 Å². The Morgan fingerprint density at radius 2 is 1.84 bits per heavy atom. The fraction of sp³-hybridized carbons (Fsp3) is 0.571. The van der Waals surface area contributed by atoms with Gasteiger partial charge in [-0.1, -0.05) is 0 Å². The zero-order valence-electron chi connectivity index (χ0n) is 11.4. The lowest BCUT2D eigenvalue weighted by molar-refractivity contribution is 0.0550. The van der Waals surface area contributed by atoms with E-state index in [0.717, 1.165) is 31.0 Å². The molecule has 1 heterocycles. The molecule has 0 aromatic heterocycles. The molecule has 1 unspecified atom stereocenters. The molecule has 0 spiro atoms. The standard InChI is InChI=1S/C14H21NO4/c1-18-13-5-10-3-4-15(8-12(17)9-16)7-11(10)6-14(13)19-2/h5-6,12,16-17H,3-4,7-9H2,1-2H3. The zero-order valence-corrected chi connectivity index (χ0v) is 11.4. The molecule has 2 rings (SSSR count). The summed E-state index contributed by atoms with van der Waals surface area (Å²) in [6, 6.07) is 4.01. The fourth-order valence-electron chi connectivity index (χ4n) is 2.45. The predicted molar refractivity (Wildman–Crippen MR) is 71.6 cm³/mol. The van der Waals surface area contributed by atoms with Crippen molar-refractivity contribution in [3.05, 3.63) is 23.3 Å². The quantitative estimate of drug-likeness (QED) is 0.809. The molecular formula is C14H21NO4. The van der Waals surface area contributed by atoms with Gasteiger partial charge in [0.15, 0.2) is 11.5 Å². The van der Waals surface area contributed by atoms with E-state index in [1.54, 1.807) is 14.2 Å². The number of aliphatic hydroxyl groups excluding tert-OH is 2. The summed E-state index contributed by atoms with van der Waals surface area (Å²) in [4.78, 5) is 2.13. The maximum absolute atomic E-state index is 9.50. The van der Waals surface area contributed by atoms with Crippen molar-refractivity contribution < 1.29 is 19.7 Å². The second-order valence-electron chi connectivity index (χ2n) is 4.80. The third kappa shape index (κ3) is 3.18. The summed E-state index contributed by atoms with van der Waals surface area (Å²) in [6.07, 6.45) is 0.232. The van der Waals surface area contributed by atoms with Crippen LogP contribution in [0.5, 0.6) is 11.5 Å². The number of fused-ring (bicyclic) bond motifs is 1. The molecule has 0 radical (unpaired) electrons. The van der Waals surface area contributed by atoms with Crippen LogP contribution in [0.1, 0.15) is 11.1 Å². The van der Waals surface area contributed by atoms with Crippen LogP contribution in [0, 0.1) is 0 Å². The highest BCUT2D eigenvalue weighted by atomic mass is 16.5. The monoisotopic (exact) mass is 267 g/mol. The van der Waals surface area contributed by atoms with Gasteiger partial charge in [-0.05, 0) is 29.7 Å². The van der Waals surface area contributed by atoms with Crippen molar-refractivity contribution in [3.63, 3.8) is 0 Å². The first-order chi connectivity index (χ1) is 9.17. The maximum Gasteiger partial charge on any atom is 0.161 e. The number of ether oxygens (including phenoxy) is 2. The fourth-order valence-corrected chi connectivity index (χ4v) is 2.45. The summed E-state index contributed by atoms with van der Waals surface area (Å²) in [5.74, 6) is 1.48. The Hall–Kier alpha value is -1.30. The number of β-amino-alcohol motifs (C(OH)–C–C–N with tert-alkyl or cyclic N) is 1. The van der Waals surface area contributed by atoms with Crippen molar-refractivity contribution in [2.45, 2.75) is 19.1 Å². The van der Waals surface area contributed by atoms with Crippen molar-refractivity contribution in [1.82, 2.24) is 4.90 Å². The van der Waals surface area contributed by atoms with Gasteiger partial charge in [-0.25, -0.2) is 0 Å². The molecule has 1 atom stereocenters. The normalized spacial score (nSPS) is 16.8. The first kappa shape index (κ1) is 14.1. The number of hydrogen-bond donors (Lipinski definition) is 2. The van der Waals surface area contributed by atoms with Crippen molar-refractivity contribution in [1.29, 1.82) is 0 Å². The van der Waals surface area contributed by atoms with Gasteiger partial charge in [-0.2, -0.15) is 0 Å². The maximum atomic E-state index is 9.50. The van der Waals surface area contributed by atoms with E-state index in [-0.39, 0.29) is 6.61 Å². The second kappa shape index (κ2) is 6.23. The van der Waals surface area contributed by atoms with Gasteiger partial charge in [0.25, 0.3) is 0 Å². The van der Waals surface area contributed by atoms with E-state index < -0.39 is 6.10 Å². The summed E-state index contributed by atoms with van der Waals surface area (Å²) < 4.78 is 10.6. The van der Waals surface area contributed by atoms with Gasteiger partial charge in [-0.3, -0.25) is 4.90 Å². The van der Waals surface area contributed by atoms with E-state index in [9.17, 15) is 5.11 Å². The Bertz CT molecular complexity index is 436. The summed E-state index contributed by atoms with van der Waals surface area (Å²) in [5, 5.41) is 18.4. The Labute approximate surface area is 113 Å². The van der Waals surface area contributed by atoms with Gasteiger partial charge in [-0.15, -0.1) is 0 Å². The van der Waals surface area contributed by atoms with Crippen LogP contribution in [-0.2, 0) is 13.0 Å². The molecule has 0 fully saturated rings. The lowest BCUT2D eigenvalue weighted by Gasteiger charge is -2.30.